The fourth-order valence-electron chi connectivity index (χ4n) is 2.91. The summed E-state index contributed by atoms with van der Waals surface area (Å²) in [4.78, 5) is 10.8. The van der Waals surface area contributed by atoms with E-state index in [-0.39, 0.29) is 0 Å². The summed E-state index contributed by atoms with van der Waals surface area (Å²) in [5.41, 5.74) is 5.04. The molecule has 0 bridgehead atoms. The molecule has 0 atom stereocenters. The molecule has 3 heteroatoms. The highest BCUT2D eigenvalue weighted by Crippen LogP contribution is 2.30. The molecule has 3 aromatic carbocycles. The van der Waals surface area contributed by atoms with Crippen LogP contribution in [0.3, 0.4) is 0 Å². The van der Waals surface area contributed by atoms with E-state index in [2.05, 4.69) is 36.4 Å². The van der Waals surface area contributed by atoms with Crippen molar-refractivity contribution in [2.45, 2.75) is 6.61 Å². The summed E-state index contributed by atoms with van der Waals surface area (Å²) in [5.74, 6) is 1.49. The molecule has 3 aromatic rings. The van der Waals surface area contributed by atoms with Gasteiger partial charge in [-0.3, -0.25) is 4.79 Å². The topological polar surface area (TPSA) is 35.5 Å². The summed E-state index contributed by atoms with van der Waals surface area (Å²) in [6.45, 7) is 0.796. The molecule has 1 aliphatic rings. The predicted octanol–water partition coefficient (Wildman–Crippen LogP) is 4.91. The molecule has 0 fully saturated rings. The predicted molar refractivity (Wildman–Crippen MR) is 102 cm³/mol. The van der Waals surface area contributed by atoms with Gasteiger partial charge in [0, 0.05) is 17.2 Å². The lowest BCUT2D eigenvalue weighted by atomic mass is 10.0. The van der Waals surface area contributed by atoms with Crippen molar-refractivity contribution in [1.82, 2.24) is 0 Å². The van der Waals surface area contributed by atoms with Gasteiger partial charge in [-0.2, -0.15) is 0 Å². The summed E-state index contributed by atoms with van der Waals surface area (Å²) in [6.07, 6.45) is 2.67. The molecule has 0 amide bonds. The molecule has 0 saturated heterocycles. The Morgan fingerprint density at radius 2 is 1.69 bits per heavy atom. The van der Waals surface area contributed by atoms with Gasteiger partial charge in [-0.25, -0.2) is 0 Å². The van der Waals surface area contributed by atoms with Gasteiger partial charge in [0.05, 0.1) is 0 Å². The maximum absolute atomic E-state index is 10.8. The third-order valence-electron chi connectivity index (χ3n) is 4.34. The number of hydrogen-bond acceptors (Lipinski definition) is 3. The van der Waals surface area contributed by atoms with Crippen LogP contribution in [0.5, 0.6) is 11.5 Å². The van der Waals surface area contributed by atoms with Crippen LogP contribution >= 0.6 is 0 Å². The highest BCUT2D eigenvalue weighted by molar-refractivity contribution is 5.84. The van der Waals surface area contributed by atoms with E-state index in [1.54, 1.807) is 0 Å². The maximum Gasteiger partial charge on any atom is 0.149 e. The first kappa shape index (κ1) is 16.2. The zero-order chi connectivity index (χ0) is 17.8. The molecule has 1 heterocycles. The van der Waals surface area contributed by atoms with Crippen LogP contribution in [0.2, 0.25) is 0 Å². The number of rotatable bonds is 5. The van der Waals surface area contributed by atoms with Gasteiger partial charge in [0.25, 0.3) is 0 Å². The fourth-order valence-corrected chi connectivity index (χ4v) is 2.91. The van der Waals surface area contributed by atoms with Crippen molar-refractivity contribution < 1.29 is 14.3 Å². The van der Waals surface area contributed by atoms with Crippen LogP contribution in [0.25, 0.3) is 17.2 Å². The maximum atomic E-state index is 10.8. The average molecular weight is 342 g/mol. The molecule has 4 rings (SSSR count). The molecule has 26 heavy (non-hydrogen) atoms. The van der Waals surface area contributed by atoms with E-state index in [1.807, 2.05) is 42.5 Å². The van der Waals surface area contributed by atoms with Crippen LogP contribution in [0.1, 0.15) is 11.1 Å². The standard InChI is InChI=1S/C23H18O3/c24-14-18-12-21-10-11-22(13-23(21)26-16-18)25-15-17-6-8-20(9-7-17)19-4-2-1-3-5-19/h1-14H,15-16H2. The quantitative estimate of drug-likeness (QED) is 0.618. The minimum Gasteiger partial charge on any atom is -0.489 e. The Bertz CT molecular complexity index is 941. The summed E-state index contributed by atoms with van der Waals surface area (Å²) in [6, 6.07) is 24.3. The number of ether oxygens (including phenoxy) is 2. The molecular formula is C23H18O3. The lowest BCUT2D eigenvalue weighted by Gasteiger charge is -2.16. The Kier molecular flexibility index (Phi) is 4.52. The van der Waals surface area contributed by atoms with Gasteiger partial charge in [0.1, 0.15) is 31.0 Å². The minimum absolute atomic E-state index is 0.306. The van der Waals surface area contributed by atoms with Gasteiger partial charge in [-0.1, -0.05) is 54.6 Å². The van der Waals surface area contributed by atoms with Gasteiger partial charge in [0.2, 0.25) is 0 Å². The largest absolute Gasteiger partial charge is 0.489 e. The SMILES string of the molecule is O=CC1=Cc2ccc(OCc3ccc(-c4ccccc4)cc3)cc2OC1. The van der Waals surface area contributed by atoms with Crippen molar-refractivity contribution in [3.63, 3.8) is 0 Å². The molecular weight excluding hydrogens is 324 g/mol. The Morgan fingerprint density at radius 1 is 0.923 bits per heavy atom. The Labute approximate surface area is 152 Å². The fraction of sp³-hybridized carbons (Fsp3) is 0.0870. The first-order valence-electron chi connectivity index (χ1n) is 8.51. The van der Waals surface area contributed by atoms with Crippen molar-refractivity contribution in [3.05, 3.63) is 89.5 Å². The second-order valence-electron chi connectivity index (χ2n) is 6.18. The van der Waals surface area contributed by atoms with E-state index in [0.29, 0.717) is 18.8 Å². The van der Waals surface area contributed by atoms with E-state index in [1.165, 1.54) is 11.1 Å². The third kappa shape index (κ3) is 3.52. The van der Waals surface area contributed by atoms with Crippen molar-refractivity contribution in [2.24, 2.45) is 0 Å². The number of aldehydes is 1. The van der Waals surface area contributed by atoms with Crippen molar-refractivity contribution in [2.75, 3.05) is 6.61 Å². The summed E-state index contributed by atoms with van der Waals surface area (Å²) < 4.78 is 11.5. The van der Waals surface area contributed by atoms with E-state index in [0.717, 1.165) is 28.9 Å². The molecule has 0 saturated carbocycles. The van der Waals surface area contributed by atoms with E-state index in [9.17, 15) is 4.79 Å². The summed E-state index contributed by atoms with van der Waals surface area (Å²) in [7, 11) is 0. The van der Waals surface area contributed by atoms with Crippen molar-refractivity contribution in [1.29, 1.82) is 0 Å². The first-order valence-corrected chi connectivity index (χ1v) is 8.51. The lowest BCUT2D eigenvalue weighted by molar-refractivity contribution is -0.105. The number of carbonyl (C=O) groups excluding carboxylic acids is 1. The highest BCUT2D eigenvalue weighted by atomic mass is 16.5. The van der Waals surface area contributed by atoms with Crippen LogP contribution in [-0.2, 0) is 11.4 Å². The molecule has 1 aliphatic heterocycles. The molecule has 0 aromatic heterocycles. The smallest absolute Gasteiger partial charge is 0.149 e. The molecule has 128 valence electrons. The highest BCUT2D eigenvalue weighted by Gasteiger charge is 2.12. The van der Waals surface area contributed by atoms with Crippen LogP contribution in [0, 0.1) is 0 Å². The first-order chi connectivity index (χ1) is 12.8. The Balaban J connectivity index is 1.43. The second-order valence-corrected chi connectivity index (χ2v) is 6.18. The van der Waals surface area contributed by atoms with Crippen molar-refractivity contribution >= 4 is 12.4 Å². The number of carbonyl (C=O) groups is 1. The van der Waals surface area contributed by atoms with Gasteiger partial charge in [0.15, 0.2) is 0 Å². The molecule has 0 spiro atoms. The zero-order valence-electron chi connectivity index (χ0n) is 14.2. The number of benzene rings is 3. The summed E-state index contributed by atoms with van der Waals surface area (Å²) in [5, 5.41) is 0. The molecule has 0 aliphatic carbocycles. The average Bonchev–Trinajstić information content (AvgIpc) is 2.72. The van der Waals surface area contributed by atoms with Crippen molar-refractivity contribution in [3.8, 4) is 22.6 Å². The monoisotopic (exact) mass is 342 g/mol. The van der Waals surface area contributed by atoms with Crippen LogP contribution < -0.4 is 9.47 Å². The van der Waals surface area contributed by atoms with E-state index in [4.69, 9.17) is 9.47 Å². The molecule has 3 nitrogen and oxygen atoms in total. The molecule has 0 unspecified atom stereocenters. The minimum atomic E-state index is 0.306. The normalized spacial score (nSPS) is 12.5. The summed E-state index contributed by atoms with van der Waals surface area (Å²) >= 11 is 0. The van der Waals surface area contributed by atoms with E-state index >= 15 is 0 Å². The Morgan fingerprint density at radius 3 is 2.46 bits per heavy atom. The Hall–Kier alpha value is -3.33. The van der Waals surface area contributed by atoms with Gasteiger partial charge in [-0.05, 0) is 34.9 Å². The van der Waals surface area contributed by atoms with Gasteiger partial charge >= 0.3 is 0 Å². The van der Waals surface area contributed by atoms with Crippen LogP contribution in [0.15, 0.2) is 78.4 Å². The lowest BCUT2D eigenvalue weighted by Crippen LogP contribution is -2.08. The van der Waals surface area contributed by atoms with Gasteiger partial charge < -0.3 is 9.47 Å². The van der Waals surface area contributed by atoms with Crippen LogP contribution in [0.4, 0.5) is 0 Å². The van der Waals surface area contributed by atoms with Gasteiger partial charge in [-0.15, -0.1) is 0 Å². The zero-order valence-corrected chi connectivity index (χ0v) is 14.2. The van der Waals surface area contributed by atoms with E-state index < -0.39 is 0 Å². The number of fused-ring (bicyclic) bond motifs is 1. The molecule has 0 radical (unpaired) electrons. The van der Waals surface area contributed by atoms with Crippen LogP contribution in [-0.4, -0.2) is 12.9 Å². The third-order valence-corrected chi connectivity index (χ3v) is 4.34. The second kappa shape index (κ2) is 7.28. The number of hydrogen-bond donors (Lipinski definition) is 0. The molecule has 0 N–H and O–H groups in total.